The summed E-state index contributed by atoms with van der Waals surface area (Å²) in [6, 6.07) is 10.9. The Morgan fingerprint density at radius 1 is 1.07 bits per heavy atom. The van der Waals surface area contributed by atoms with E-state index in [-0.39, 0.29) is 12.7 Å². The highest BCUT2D eigenvalue weighted by atomic mass is 19.4. The van der Waals surface area contributed by atoms with Crippen LogP contribution in [0, 0.1) is 12.7 Å². The Balaban J connectivity index is 0.000000810. The lowest BCUT2D eigenvalue weighted by Gasteiger charge is -2.16. The summed E-state index contributed by atoms with van der Waals surface area (Å²) in [6.07, 6.45) is 3.59. The van der Waals surface area contributed by atoms with Crippen LogP contribution in [0.1, 0.15) is 25.0 Å². The predicted molar refractivity (Wildman–Crippen MR) is 152 cm³/mol. The van der Waals surface area contributed by atoms with Crippen LogP contribution < -0.4 is 16.0 Å². The highest BCUT2D eigenvalue weighted by molar-refractivity contribution is 5.80. The molecule has 0 aliphatic heterocycles. The zero-order valence-electron chi connectivity index (χ0n) is 22.7. The van der Waals surface area contributed by atoms with Crippen molar-refractivity contribution in [3.63, 3.8) is 0 Å². The van der Waals surface area contributed by atoms with E-state index in [1.165, 1.54) is 6.07 Å². The lowest BCUT2D eigenvalue weighted by Crippen LogP contribution is -2.04. The monoisotopic (exact) mass is 553 g/mol. The largest absolute Gasteiger partial charge is 0.386 e. The fourth-order valence-corrected chi connectivity index (χ4v) is 3.57. The van der Waals surface area contributed by atoms with Crippen LogP contribution in [-0.4, -0.2) is 25.9 Å². The van der Waals surface area contributed by atoms with E-state index in [2.05, 4.69) is 39.2 Å². The second-order valence-electron chi connectivity index (χ2n) is 8.98. The first-order chi connectivity index (χ1) is 18.8. The molecule has 2 aromatic heterocycles. The molecular weight excluding hydrogens is 522 g/mol. The molecule has 2 heterocycles. The standard InChI is InChI=1S/C27H28FN7.C2H3F3/c1-6-18(4)31-22-9-8-17(3)25(13-22)33-26-24(20-10-19(7-2)11-21(28)12-20)15-29-27(34-26)32-23-14-30-35(5)16-23;1-2(3,4)5/h6,8-16,31H,1,4,7H2,2-3,5H3,(H2,29,32,33,34);1H3. The molecule has 0 amide bonds. The molecule has 0 aliphatic rings. The molecule has 0 bridgehead atoms. The third-order valence-corrected chi connectivity index (χ3v) is 5.47. The van der Waals surface area contributed by atoms with Gasteiger partial charge in [0.05, 0.1) is 11.9 Å². The van der Waals surface area contributed by atoms with Gasteiger partial charge in [-0.25, -0.2) is 9.37 Å². The van der Waals surface area contributed by atoms with Crippen molar-refractivity contribution in [2.24, 2.45) is 7.05 Å². The van der Waals surface area contributed by atoms with Gasteiger partial charge in [-0.3, -0.25) is 4.68 Å². The summed E-state index contributed by atoms with van der Waals surface area (Å²) >= 11 is 0. The summed E-state index contributed by atoms with van der Waals surface area (Å²) in [4.78, 5) is 9.22. The first kappa shape index (κ1) is 29.9. The van der Waals surface area contributed by atoms with Crippen molar-refractivity contribution < 1.29 is 17.6 Å². The molecule has 0 unspecified atom stereocenters. The minimum absolute atomic E-state index is 0.188. The molecule has 0 fully saturated rings. The summed E-state index contributed by atoms with van der Waals surface area (Å²) in [5.74, 6) is 0.637. The number of halogens is 4. The molecule has 4 aromatic rings. The van der Waals surface area contributed by atoms with Gasteiger partial charge in [0.15, 0.2) is 0 Å². The second-order valence-corrected chi connectivity index (χ2v) is 8.98. The Labute approximate surface area is 230 Å². The quantitative estimate of drug-likeness (QED) is 0.144. The van der Waals surface area contributed by atoms with Crippen molar-refractivity contribution in [1.29, 1.82) is 0 Å². The molecule has 0 radical (unpaired) electrons. The highest BCUT2D eigenvalue weighted by Gasteiger charge is 2.16. The van der Waals surface area contributed by atoms with Gasteiger partial charge in [-0.2, -0.15) is 23.3 Å². The second kappa shape index (κ2) is 12.9. The van der Waals surface area contributed by atoms with Gasteiger partial charge in [-0.1, -0.05) is 32.2 Å². The SMILES string of the molecule is C=CC(=C)Nc1ccc(C)c(Nc2nc(Nc3cnn(C)c3)ncc2-c2cc(F)cc(CC)c2)c1.CC(F)(F)F. The van der Waals surface area contributed by atoms with Crippen molar-refractivity contribution in [2.45, 2.75) is 33.4 Å². The zero-order chi connectivity index (χ0) is 29.4. The minimum atomic E-state index is -4.00. The van der Waals surface area contributed by atoms with Gasteiger partial charge < -0.3 is 16.0 Å². The maximum Gasteiger partial charge on any atom is 0.386 e. The van der Waals surface area contributed by atoms with Gasteiger partial charge in [-0.15, -0.1) is 0 Å². The topological polar surface area (TPSA) is 79.7 Å². The number of hydrogen-bond acceptors (Lipinski definition) is 6. The van der Waals surface area contributed by atoms with Crippen LogP contribution in [0.25, 0.3) is 11.1 Å². The number of aryl methyl sites for hydroxylation is 3. The molecule has 0 saturated heterocycles. The number of alkyl halides is 3. The van der Waals surface area contributed by atoms with Crippen LogP contribution in [0.2, 0.25) is 0 Å². The summed E-state index contributed by atoms with van der Waals surface area (Å²) in [5, 5.41) is 14.0. The van der Waals surface area contributed by atoms with Crippen LogP contribution in [0.5, 0.6) is 0 Å². The fraction of sp³-hybridized carbons (Fsp3) is 0.207. The van der Waals surface area contributed by atoms with Gasteiger partial charge >= 0.3 is 6.18 Å². The molecule has 0 aliphatic carbocycles. The Morgan fingerprint density at radius 2 is 1.80 bits per heavy atom. The van der Waals surface area contributed by atoms with E-state index in [0.717, 1.165) is 34.6 Å². The van der Waals surface area contributed by atoms with E-state index >= 15 is 0 Å². The molecule has 4 rings (SSSR count). The molecule has 0 atom stereocenters. The van der Waals surface area contributed by atoms with Gasteiger partial charge in [0.2, 0.25) is 5.95 Å². The molecule has 210 valence electrons. The smallest absolute Gasteiger partial charge is 0.356 e. The zero-order valence-corrected chi connectivity index (χ0v) is 22.7. The van der Waals surface area contributed by atoms with Crippen molar-refractivity contribution >= 4 is 28.8 Å². The van der Waals surface area contributed by atoms with E-state index in [4.69, 9.17) is 4.98 Å². The summed E-state index contributed by atoms with van der Waals surface area (Å²) < 4.78 is 47.1. The maximum absolute atomic E-state index is 14.4. The molecule has 11 heteroatoms. The molecule has 0 spiro atoms. The average Bonchev–Trinajstić information content (AvgIpc) is 3.29. The third kappa shape index (κ3) is 8.97. The Morgan fingerprint density at radius 3 is 2.42 bits per heavy atom. The van der Waals surface area contributed by atoms with Crippen molar-refractivity contribution in [3.8, 4) is 11.1 Å². The summed E-state index contributed by atoms with van der Waals surface area (Å²) in [6.45, 7) is 11.8. The third-order valence-electron chi connectivity index (χ3n) is 5.47. The van der Waals surface area contributed by atoms with Crippen LogP contribution in [-0.2, 0) is 13.5 Å². The van der Waals surface area contributed by atoms with Gasteiger partial charge in [-0.05, 0) is 60.4 Å². The Kier molecular flexibility index (Phi) is 9.65. The van der Waals surface area contributed by atoms with Crippen LogP contribution >= 0.6 is 0 Å². The van der Waals surface area contributed by atoms with E-state index in [1.807, 2.05) is 51.4 Å². The van der Waals surface area contributed by atoms with Gasteiger partial charge in [0, 0.05) is 49.0 Å². The fourth-order valence-electron chi connectivity index (χ4n) is 3.57. The lowest BCUT2D eigenvalue weighted by molar-refractivity contribution is -0.110. The number of anilines is 5. The Hall–Kier alpha value is -4.67. The number of allylic oxidation sites excluding steroid dienone is 1. The van der Waals surface area contributed by atoms with Crippen LogP contribution in [0.15, 0.2) is 79.9 Å². The molecule has 40 heavy (non-hydrogen) atoms. The molecular formula is C29H31F4N7. The van der Waals surface area contributed by atoms with Gasteiger partial charge in [0.25, 0.3) is 0 Å². The normalized spacial score (nSPS) is 10.8. The van der Waals surface area contributed by atoms with E-state index < -0.39 is 6.18 Å². The van der Waals surface area contributed by atoms with Crippen LogP contribution in [0.4, 0.5) is 46.4 Å². The number of nitrogens with one attached hydrogen (secondary N) is 3. The van der Waals surface area contributed by atoms with Crippen molar-refractivity contribution in [2.75, 3.05) is 16.0 Å². The average molecular weight is 554 g/mol. The number of benzene rings is 2. The molecule has 7 nitrogen and oxygen atoms in total. The summed E-state index contributed by atoms with van der Waals surface area (Å²) in [7, 11) is 1.84. The number of rotatable bonds is 9. The molecule has 3 N–H and O–H groups in total. The highest BCUT2D eigenvalue weighted by Crippen LogP contribution is 2.33. The lowest BCUT2D eigenvalue weighted by atomic mass is 10.0. The Bertz CT molecular complexity index is 1490. The summed E-state index contributed by atoms with van der Waals surface area (Å²) in [5.41, 5.74) is 6.44. The predicted octanol–water partition coefficient (Wildman–Crippen LogP) is 8.05. The number of nitrogens with zero attached hydrogens (tertiary/aromatic N) is 4. The molecule has 2 aromatic carbocycles. The van der Waals surface area contributed by atoms with Crippen molar-refractivity contribution in [1.82, 2.24) is 19.7 Å². The van der Waals surface area contributed by atoms with Gasteiger partial charge in [0.1, 0.15) is 11.6 Å². The first-order valence-corrected chi connectivity index (χ1v) is 12.3. The first-order valence-electron chi connectivity index (χ1n) is 12.3. The van der Waals surface area contributed by atoms with E-state index in [0.29, 0.717) is 28.6 Å². The number of hydrogen-bond donors (Lipinski definition) is 3. The number of aromatic nitrogens is 4. The van der Waals surface area contributed by atoms with Crippen LogP contribution in [0.3, 0.4) is 0 Å². The van der Waals surface area contributed by atoms with E-state index in [1.54, 1.807) is 29.2 Å². The van der Waals surface area contributed by atoms with E-state index in [9.17, 15) is 17.6 Å². The molecule has 0 saturated carbocycles. The van der Waals surface area contributed by atoms with Crippen molar-refractivity contribution in [3.05, 3.63) is 96.9 Å². The maximum atomic E-state index is 14.4. The minimum Gasteiger partial charge on any atom is -0.356 e.